The van der Waals surface area contributed by atoms with Crippen LogP contribution in [0.25, 0.3) is 22.2 Å². The molecule has 0 aliphatic rings. The van der Waals surface area contributed by atoms with Crippen LogP contribution in [0.5, 0.6) is 5.75 Å². The molecule has 0 spiro atoms. The highest BCUT2D eigenvalue weighted by molar-refractivity contribution is 6.32. The number of halogens is 3. The number of rotatable bonds is 5. The zero-order valence-electron chi connectivity index (χ0n) is 13.2. The van der Waals surface area contributed by atoms with Crippen LogP contribution in [0, 0.1) is 0 Å². The van der Waals surface area contributed by atoms with Crippen LogP contribution in [-0.4, -0.2) is 31.6 Å². The van der Waals surface area contributed by atoms with E-state index in [9.17, 15) is 8.78 Å². The summed E-state index contributed by atoms with van der Waals surface area (Å²) in [5.74, 6) is -0.0776. The van der Waals surface area contributed by atoms with Gasteiger partial charge in [-0.1, -0.05) is 17.7 Å². The number of aromatic amines is 1. The molecule has 132 valence electrons. The van der Waals surface area contributed by atoms with Gasteiger partial charge in [0, 0.05) is 23.5 Å². The number of fused-ring (bicyclic) bond motifs is 1. The van der Waals surface area contributed by atoms with Crippen molar-refractivity contribution in [2.45, 2.75) is 13.2 Å². The third kappa shape index (κ3) is 3.23. The number of nitrogens with zero attached hydrogens (tertiary/aromatic N) is 4. The SMILES string of the molecule is FC(F)Oc1cc(-c2cnc3cnn(Cc4cn[nH]c4)c3c2)ccc1Cl. The average molecular weight is 376 g/mol. The van der Waals surface area contributed by atoms with Crippen LogP contribution < -0.4 is 4.74 Å². The van der Waals surface area contributed by atoms with E-state index < -0.39 is 6.61 Å². The molecule has 1 aromatic carbocycles. The topological polar surface area (TPSA) is 68.6 Å². The first kappa shape index (κ1) is 16.5. The van der Waals surface area contributed by atoms with Crippen LogP contribution >= 0.6 is 11.6 Å². The third-order valence-corrected chi connectivity index (χ3v) is 4.17. The molecule has 0 unspecified atom stereocenters. The maximum Gasteiger partial charge on any atom is 0.387 e. The highest BCUT2D eigenvalue weighted by Crippen LogP contribution is 2.32. The molecule has 4 rings (SSSR count). The summed E-state index contributed by atoms with van der Waals surface area (Å²) in [6, 6.07) is 6.60. The predicted octanol–water partition coefficient (Wildman–Crippen LogP) is 4.12. The molecule has 3 aromatic heterocycles. The molecule has 0 radical (unpaired) electrons. The minimum atomic E-state index is -2.94. The molecule has 0 amide bonds. The van der Waals surface area contributed by atoms with Gasteiger partial charge in [0.05, 0.1) is 29.5 Å². The molecule has 4 aromatic rings. The maximum absolute atomic E-state index is 12.5. The molecule has 0 aliphatic carbocycles. The van der Waals surface area contributed by atoms with Crippen LogP contribution in [-0.2, 0) is 6.54 Å². The summed E-state index contributed by atoms with van der Waals surface area (Å²) in [5.41, 5.74) is 3.92. The molecule has 0 saturated heterocycles. The summed E-state index contributed by atoms with van der Waals surface area (Å²) < 4.78 is 31.3. The molecule has 0 atom stereocenters. The van der Waals surface area contributed by atoms with Gasteiger partial charge >= 0.3 is 6.61 Å². The Balaban J connectivity index is 1.73. The van der Waals surface area contributed by atoms with E-state index in [2.05, 4.69) is 25.0 Å². The Morgan fingerprint density at radius 1 is 1.15 bits per heavy atom. The minimum Gasteiger partial charge on any atom is -0.433 e. The summed E-state index contributed by atoms with van der Waals surface area (Å²) in [6.07, 6.45) is 6.84. The Hall–Kier alpha value is -3.00. The number of aromatic nitrogens is 5. The number of alkyl halides is 2. The zero-order valence-corrected chi connectivity index (χ0v) is 14.0. The fourth-order valence-corrected chi connectivity index (χ4v) is 2.81. The highest BCUT2D eigenvalue weighted by Gasteiger charge is 2.12. The lowest BCUT2D eigenvalue weighted by atomic mass is 10.1. The van der Waals surface area contributed by atoms with Gasteiger partial charge in [-0.2, -0.15) is 19.0 Å². The van der Waals surface area contributed by atoms with Crippen LogP contribution in [0.15, 0.2) is 49.1 Å². The van der Waals surface area contributed by atoms with Crippen molar-refractivity contribution in [1.29, 1.82) is 0 Å². The lowest BCUT2D eigenvalue weighted by molar-refractivity contribution is -0.0497. The van der Waals surface area contributed by atoms with Gasteiger partial charge in [0.15, 0.2) is 0 Å². The normalized spacial score (nSPS) is 11.4. The van der Waals surface area contributed by atoms with Crippen LogP contribution in [0.1, 0.15) is 5.56 Å². The Bertz CT molecular complexity index is 1050. The fraction of sp³-hybridized carbons (Fsp3) is 0.118. The molecular formula is C17H12ClF2N5O. The number of hydrogen-bond donors (Lipinski definition) is 1. The molecule has 0 bridgehead atoms. The second-order valence-electron chi connectivity index (χ2n) is 5.56. The Kier molecular flexibility index (Phi) is 4.26. The first-order valence-electron chi connectivity index (χ1n) is 7.64. The van der Waals surface area contributed by atoms with Gasteiger partial charge in [-0.15, -0.1) is 0 Å². The molecule has 0 fully saturated rings. The Labute approximate surface area is 151 Å². The molecule has 3 heterocycles. The van der Waals surface area contributed by atoms with E-state index in [1.165, 1.54) is 12.1 Å². The smallest absolute Gasteiger partial charge is 0.387 e. The minimum absolute atomic E-state index is 0.0776. The van der Waals surface area contributed by atoms with E-state index >= 15 is 0 Å². The van der Waals surface area contributed by atoms with E-state index in [4.69, 9.17) is 11.6 Å². The second-order valence-corrected chi connectivity index (χ2v) is 5.97. The van der Waals surface area contributed by atoms with Gasteiger partial charge < -0.3 is 4.74 Å². The molecule has 0 saturated carbocycles. The van der Waals surface area contributed by atoms with Crippen molar-refractivity contribution >= 4 is 22.6 Å². The van der Waals surface area contributed by atoms with Crippen molar-refractivity contribution in [1.82, 2.24) is 25.0 Å². The number of H-pyrrole nitrogens is 1. The van der Waals surface area contributed by atoms with Crippen LogP contribution in [0.2, 0.25) is 5.02 Å². The van der Waals surface area contributed by atoms with Crippen molar-refractivity contribution in [2.75, 3.05) is 0 Å². The van der Waals surface area contributed by atoms with Gasteiger partial charge in [-0.3, -0.25) is 14.8 Å². The van der Waals surface area contributed by atoms with E-state index in [0.29, 0.717) is 12.1 Å². The Morgan fingerprint density at radius 3 is 2.81 bits per heavy atom. The highest BCUT2D eigenvalue weighted by atomic mass is 35.5. The fourth-order valence-electron chi connectivity index (χ4n) is 2.65. The molecule has 26 heavy (non-hydrogen) atoms. The zero-order chi connectivity index (χ0) is 18.1. The number of nitrogens with one attached hydrogen (secondary N) is 1. The van der Waals surface area contributed by atoms with E-state index in [0.717, 1.165) is 22.2 Å². The standard InChI is InChI=1S/C17H12ClF2N5O/c18-13-2-1-11(4-16(13)26-17(19)20)12-3-15-14(21-7-12)8-24-25(15)9-10-5-22-23-6-10/h1-8,17H,9H2,(H,22,23). The summed E-state index contributed by atoms with van der Waals surface area (Å²) in [4.78, 5) is 4.39. The number of pyridine rings is 1. The van der Waals surface area contributed by atoms with Crippen molar-refractivity contribution < 1.29 is 13.5 Å². The number of hydrogen-bond acceptors (Lipinski definition) is 4. The predicted molar refractivity (Wildman–Crippen MR) is 92.3 cm³/mol. The largest absolute Gasteiger partial charge is 0.433 e. The summed E-state index contributed by atoms with van der Waals surface area (Å²) in [7, 11) is 0. The van der Waals surface area contributed by atoms with Crippen molar-refractivity contribution in [3.8, 4) is 16.9 Å². The molecule has 9 heteroatoms. The molecule has 1 N–H and O–H groups in total. The van der Waals surface area contributed by atoms with E-state index in [1.807, 2.05) is 6.07 Å². The summed E-state index contributed by atoms with van der Waals surface area (Å²) in [5, 5.41) is 11.1. The maximum atomic E-state index is 12.5. The number of benzene rings is 1. The average Bonchev–Trinajstić information content (AvgIpc) is 3.27. The molecule has 6 nitrogen and oxygen atoms in total. The first-order chi connectivity index (χ1) is 12.6. The van der Waals surface area contributed by atoms with Crippen LogP contribution in [0.3, 0.4) is 0 Å². The van der Waals surface area contributed by atoms with Gasteiger partial charge in [0.2, 0.25) is 0 Å². The quantitative estimate of drug-likeness (QED) is 0.569. The van der Waals surface area contributed by atoms with Gasteiger partial charge in [-0.25, -0.2) is 0 Å². The number of ether oxygens (including phenoxy) is 1. The van der Waals surface area contributed by atoms with Crippen molar-refractivity contribution in [2.24, 2.45) is 0 Å². The second kappa shape index (κ2) is 6.72. The summed E-state index contributed by atoms with van der Waals surface area (Å²) in [6.45, 7) is -2.41. The lowest BCUT2D eigenvalue weighted by Gasteiger charge is -2.09. The lowest BCUT2D eigenvalue weighted by Crippen LogP contribution is -2.02. The monoisotopic (exact) mass is 375 g/mol. The third-order valence-electron chi connectivity index (χ3n) is 3.86. The first-order valence-corrected chi connectivity index (χ1v) is 8.02. The van der Waals surface area contributed by atoms with Crippen LogP contribution in [0.4, 0.5) is 8.78 Å². The summed E-state index contributed by atoms with van der Waals surface area (Å²) >= 11 is 5.91. The molecular weight excluding hydrogens is 364 g/mol. The Morgan fingerprint density at radius 2 is 2.04 bits per heavy atom. The molecule has 0 aliphatic heterocycles. The van der Waals surface area contributed by atoms with E-state index in [-0.39, 0.29) is 10.8 Å². The van der Waals surface area contributed by atoms with Crippen molar-refractivity contribution in [3.63, 3.8) is 0 Å². The van der Waals surface area contributed by atoms with Crippen molar-refractivity contribution in [3.05, 3.63) is 59.6 Å². The van der Waals surface area contributed by atoms with Gasteiger partial charge in [-0.05, 0) is 23.8 Å². The van der Waals surface area contributed by atoms with Gasteiger partial charge in [0.1, 0.15) is 11.3 Å². The van der Waals surface area contributed by atoms with E-state index in [1.54, 1.807) is 35.5 Å². The van der Waals surface area contributed by atoms with Gasteiger partial charge in [0.25, 0.3) is 0 Å².